The molecule has 0 bridgehead atoms. The van der Waals surface area contributed by atoms with Crippen molar-refractivity contribution in [3.05, 3.63) is 64.4 Å². The molecular weight excluding hydrogens is 340 g/mol. The first-order valence-electron chi connectivity index (χ1n) is 7.54. The van der Waals surface area contributed by atoms with Gasteiger partial charge in [-0.1, -0.05) is 28.1 Å². The van der Waals surface area contributed by atoms with Crippen molar-refractivity contribution in [3.8, 4) is 0 Å². The number of rotatable bonds is 5. The van der Waals surface area contributed by atoms with Gasteiger partial charge in [-0.2, -0.15) is 0 Å². The lowest BCUT2D eigenvalue weighted by Crippen LogP contribution is -2.42. The smallest absolute Gasteiger partial charge is 0.224 e. The molecule has 4 heteroatoms. The Bertz CT molecular complexity index is 651. The summed E-state index contributed by atoms with van der Waals surface area (Å²) < 4.78 is 1.08. The van der Waals surface area contributed by atoms with Crippen LogP contribution in [0.15, 0.2) is 53.3 Å². The number of carbonyl (C=O) groups is 1. The van der Waals surface area contributed by atoms with Crippen LogP contribution in [0.1, 0.15) is 30.9 Å². The number of aromatic nitrogens is 1. The summed E-state index contributed by atoms with van der Waals surface area (Å²) in [6, 6.07) is 12.4. The fourth-order valence-corrected chi connectivity index (χ4v) is 3.27. The molecule has 1 heterocycles. The molecule has 1 fully saturated rings. The van der Waals surface area contributed by atoms with Gasteiger partial charge < -0.3 is 5.32 Å². The van der Waals surface area contributed by atoms with Crippen molar-refractivity contribution in [1.29, 1.82) is 0 Å². The SMILES string of the molecule is CC(NC(=O)Cc1ccncc1)C1(c2ccc(Br)cc2)CC1. The first kappa shape index (κ1) is 15.2. The van der Waals surface area contributed by atoms with Crippen molar-refractivity contribution in [2.75, 3.05) is 0 Å². The zero-order valence-corrected chi connectivity index (χ0v) is 14.1. The summed E-state index contributed by atoms with van der Waals surface area (Å²) in [6.45, 7) is 2.11. The topological polar surface area (TPSA) is 42.0 Å². The van der Waals surface area contributed by atoms with E-state index in [1.807, 2.05) is 12.1 Å². The van der Waals surface area contributed by atoms with Crippen molar-refractivity contribution in [2.24, 2.45) is 0 Å². The van der Waals surface area contributed by atoms with Gasteiger partial charge in [0, 0.05) is 28.3 Å². The summed E-state index contributed by atoms with van der Waals surface area (Å²) >= 11 is 3.47. The summed E-state index contributed by atoms with van der Waals surface area (Å²) in [5.74, 6) is 0.0714. The van der Waals surface area contributed by atoms with Crippen LogP contribution in [0, 0.1) is 0 Å². The van der Waals surface area contributed by atoms with Crippen LogP contribution in [0.25, 0.3) is 0 Å². The molecule has 1 aliphatic rings. The van der Waals surface area contributed by atoms with Gasteiger partial charge in [-0.25, -0.2) is 0 Å². The minimum atomic E-state index is 0.0714. The van der Waals surface area contributed by atoms with Gasteiger partial charge in [0.25, 0.3) is 0 Å². The average molecular weight is 359 g/mol. The number of nitrogens with zero attached hydrogens (tertiary/aromatic N) is 1. The van der Waals surface area contributed by atoms with E-state index in [0.717, 1.165) is 22.9 Å². The second kappa shape index (κ2) is 6.21. The standard InChI is InChI=1S/C18H19BrN2O/c1-13(21-17(22)12-14-6-10-20-11-7-14)18(8-9-18)15-2-4-16(19)5-3-15/h2-7,10-11,13H,8-9,12H2,1H3,(H,21,22). The Morgan fingerprint density at radius 3 is 2.45 bits per heavy atom. The van der Waals surface area contributed by atoms with Crippen LogP contribution in [0.2, 0.25) is 0 Å². The van der Waals surface area contributed by atoms with Crippen molar-refractivity contribution < 1.29 is 4.79 Å². The molecule has 2 aromatic rings. The summed E-state index contributed by atoms with van der Waals surface area (Å²) in [6.07, 6.45) is 6.10. The first-order valence-corrected chi connectivity index (χ1v) is 8.34. The number of nitrogens with one attached hydrogen (secondary N) is 1. The third-order valence-electron chi connectivity index (χ3n) is 4.53. The van der Waals surface area contributed by atoms with Crippen LogP contribution < -0.4 is 5.32 Å². The van der Waals surface area contributed by atoms with Crippen LogP contribution in [-0.2, 0) is 16.6 Å². The number of amides is 1. The van der Waals surface area contributed by atoms with Gasteiger partial charge >= 0.3 is 0 Å². The third kappa shape index (κ3) is 3.22. The van der Waals surface area contributed by atoms with Crippen molar-refractivity contribution in [1.82, 2.24) is 10.3 Å². The van der Waals surface area contributed by atoms with E-state index in [4.69, 9.17) is 0 Å². The van der Waals surface area contributed by atoms with Gasteiger partial charge in [0.15, 0.2) is 0 Å². The normalized spacial score (nSPS) is 16.8. The maximum absolute atomic E-state index is 12.2. The van der Waals surface area contributed by atoms with Gasteiger partial charge in [0.05, 0.1) is 6.42 Å². The summed E-state index contributed by atoms with van der Waals surface area (Å²) in [4.78, 5) is 16.2. The quantitative estimate of drug-likeness (QED) is 0.886. The van der Waals surface area contributed by atoms with E-state index in [0.29, 0.717) is 6.42 Å². The first-order chi connectivity index (χ1) is 10.6. The van der Waals surface area contributed by atoms with Crippen LogP contribution >= 0.6 is 15.9 Å². The van der Waals surface area contributed by atoms with Gasteiger partial charge in [-0.3, -0.25) is 9.78 Å². The van der Waals surface area contributed by atoms with Gasteiger partial charge in [-0.15, -0.1) is 0 Å². The maximum Gasteiger partial charge on any atom is 0.224 e. The molecular formula is C18H19BrN2O. The van der Waals surface area contributed by atoms with E-state index < -0.39 is 0 Å². The van der Waals surface area contributed by atoms with Crippen molar-refractivity contribution in [3.63, 3.8) is 0 Å². The predicted molar refractivity (Wildman–Crippen MR) is 90.6 cm³/mol. The molecule has 1 N–H and O–H groups in total. The Kier molecular flexibility index (Phi) is 4.30. The third-order valence-corrected chi connectivity index (χ3v) is 5.06. The lowest BCUT2D eigenvalue weighted by atomic mass is 9.89. The molecule has 1 aromatic heterocycles. The lowest BCUT2D eigenvalue weighted by Gasteiger charge is -2.25. The minimum Gasteiger partial charge on any atom is -0.352 e. The average Bonchev–Trinajstić information content (AvgIpc) is 3.30. The lowest BCUT2D eigenvalue weighted by molar-refractivity contribution is -0.121. The zero-order chi connectivity index (χ0) is 15.6. The molecule has 1 aromatic carbocycles. The van der Waals surface area contributed by atoms with E-state index in [9.17, 15) is 4.79 Å². The zero-order valence-electron chi connectivity index (χ0n) is 12.6. The number of hydrogen-bond acceptors (Lipinski definition) is 2. The Labute approximate surface area is 139 Å². The highest BCUT2D eigenvalue weighted by Crippen LogP contribution is 2.51. The molecule has 0 radical (unpaired) electrons. The number of hydrogen-bond donors (Lipinski definition) is 1. The van der Waals surface area contributed by atoms with E-state index >= 15 is 0 Å². The van der Waals surface area contributed by atoms with Gasteiger partial charge in [-0.05, 0) is 55.2 Å². The fourth-order valence-electron chi connectivity index (χ4n) is 3.00. The largest absolute Gasteiger partial charge is 0.352 e. The van der Waals surface area contributed by atoms with Crippen molar-refractivity contribution >= 4 is 21.8 Å². The van der Waals surface area contributed by atoms with Crippen molar-refractivity contribution in [2.45, 2.75) is 37.6 Å². The van der Waals surface area contributed by atoms with Gasteiger partial charge in [0.1, 0.15) is 0 Å². The molecule has 114 valence electrons. The molecule has 0 spiro atoms. The molecule has 0 saturated heterocycles. The number of pyridine rings is 1. The summed E-state index contributed by atoms with van der Waals surface area (Å²) in [7, 11) is 0. The highest BCUT2D eigenvalue weighted by atomic mass is 79.9. The summed E-state index contributed by atoms with van der Waals surface area (Å²) in [5, 5.41) is 3.17. The second-order valence-electron chi connectivity index (χ2n) is 5.98. The number of halogens is 1. The maximum atomic E-state index is 12.2. The molecule has 1 aliphatic carbocycles. The van der Waals surface area contributed by atoms with Crippen LogP contribution in [-0.4, -0.2) is 16.9 Å². The van der Waals surface area contributed by atoms with E-state index in [1.54, 1.807) is 12.4 Å². The number of benzene rings is 1. The van der Waals surface area contributed by atoms with E-state index in [1.165, 1.54) is 5.56 Å². The van der Waals surface area contributed by atoms with Crippen LogP contribution in [0.4, 0.5) is 0 Å². The molecule has 22 heavy (non-hydrogen) atoms. The molecule has 1 unspecified atom stereocenters. The van der Waals surface area contributed by atoms with E-state index in [-0.39, 0.29) is 17.4 Å². The Balaban J connectivity index is 1.65. The molecule has 1 saturated carbocycles. The predicted octanol–water partition coefficient (Wildman–Crippen LogP) is 3.62. The van der Waals surface area contributed by atoms with Crippen LogP contribution in [0.5, 0.6) is 0 Å². The molecule has 1 atom stereocenters. The van der Waals surface area contributed by atoms with Gasteiger partial charge in [0.2, 0.25) is 5.91 Å². The Morgan fingerprint density at radius 2 is 1.86 bits per heavy atom. The Morgan fingerprint density at radius 1 is 1.23 bits per heavy atom. The van der Waals surface area contributed by atoms with E-state index in [2.05, 4.69) is 57.4 Å². The fraction of sp³-hybridized carbons (Fsp3) is 0.333. The minimum absolute atomic E-state index is 0.0714. The molecule has 0 aliphatic heterocycles. The highest BCUT2D eigenvalue weighted by molar-refractivity contribution is 9.10. The Hall–Kier alpha value is -1.68. The second-order valence-corrected chi connectivity index (χ2v) is 6.90. The molecule has 3 nitrogen and oxygen atoms in total. The number of carbonyl (C=O) groups excluding carboxylic acids is 1. The monoisotopic (exact) mass is 358 g/mol. The van der Waals surface area contributed by atoms with Crippen LogP contribution in [0.3, 0.4) is 0 Å². The molecule has 3 rings (SSSR count). The highest BCUT2D eigenvalue weighted by Gasteiger charge is 2.49. The molecule has 1 amide bonds. The summed E-state index contributed by atoms with van der Waals surface area (Å²) in [5.41, 5.74) is 2.41.